The van der Waals surface area contributed by atoms with E-state index in [2.05, 4.69) is 68.3 Å². The highest BCUT2D eigenvalue weighted by Gasteiger charge is 2.04. The smallest absolute Gasteiger partial charge is 0.191 e. The highest BCUT2D eigenvalue weighted by atomic mass is 127. The summed E-state index contributed by atoms with van der Waals surface area (Å²) < 4.78 is 2.06. The van der Waals surface area contributed by atoms with Crippen molar-refractivity contribution in [2.45, 2.75) is 33.4 Å². The first kappa shape index (κ1) is 22.4. The van der Waals surface area contributed by atoms with Crippen LogP contribution in [0.25, 0.3) is 0 Å². The molecule has 28 heavy (non-hydrogen) atoms. The molecule has 0 aliphatic carbocycles. The van der Waals surface area contributed by atoms with Crippen molar-refractivity contribution >= 4 is 41.3 Å². The molecule has 8 heteroatoms. The van der Waals surface area contributed by atoms with E-state index in [0.717, 1.165) is 37.7 Å². The molecule has 0 radical (unpaired) electrons. The number of guanidine groups is 1. The van der Waals surface area contributed by atoms with Crippen molar-refractivity contribution in [3.05, 3.63) is 69.7 Å². The van der Waals surface area contributed by atoms with Gasteiger partial charge in [0.25, 0.3) is 0 Å². The number of nitrogens with one attached hydrogen (secondary N) is 2. The number of rotatable bonds is 7. The quantitative estimate of drug-likeness (QED) is 0.290. The van der Waals surface area contributed by atoms with Gasteiger partial charge in [0.1, 0.15) is 0 Å². The monoisotopic (exact) mass is 510 g/mol. The van der Waals surface area contributed by atoms with Gasteiger partial charge in [-0.05, 0) is 25.0 Å². The number of benzene rings is 1. The number of aryl methyl sites for hydroxylation is 2. The molecule has 1 aromatic carbocycles. The molecule has 0 saturated carbocycles. The Morgan fingerprint density at radius 2 is 2.04 bits per heavy atom. The van der Waals surface area contributed by atoms with Crippen molar-refractivity contribution in [1.82, 2.24) is 25.2 Å². The summed E-state index contributed by atoms with van der Waals surface area (Å²) in [4.78, 5) is 14.3. The van der Waals surface area contributed by atoms with Crippen LogP contribution in [0.5, 0.6) is 0 Å². The molecule has 0 spiro atoms. The molecule has 0 unspecified atom stereocenters. The number of halogens is 1. The molecule has 0 amide bonds. The summed E-state index contributed by atoms with van der Waals surface area (Å²) in [7, 11) is 1.79. The predicted octanol–water partition coefficient (Wildman–Crippen LogP) is 3.53. The largest absolute Gasteiger partial charge is 0.356 e. The second-order valence-corrected chi connectivity index (χ2v) is 7.69. The van der Waals surface area contributed by atoms with Crippen LogP contribution in [0, 0.1) is 13.8 Å². The molecule has 2 N–H and O–H groups in total. The molecule has 3 rings (SSSR count). The van der Waals surface area contributed by atoms with Gasteiger partial charge in [0, 0.05) is 50.4 Å². The lowest BCUT2D eigenvalue weighted by atomic mass is 10.1. The first-order valence-electron chi connectivity index (χ1n) is 9.05. The molecule has 0 aliphatic rings. The SMILES string of the molecule is CN=C(NCCc1nc(C)c(C)s1)NCc1cccc(Cn2ccnc2)c1.I. The zero-order valence-corrected chi connectivity index (χ0v) is 19.6. The maximum absolute atomic E-state index is 4.58. The molecule has 0 aliphatic heterocycles. The lowest BCUT2D eigenvalue weighted by Gasteiger charge is -2.12. The maximum Gasteiger partial charge on any atom is 0.191 e. The van der Waals surface area contributed by atoms with E-state index >= 15 is 0 Å². The Kier molecular flexibility index (Phi) is 8.91. The molecule has 0 fully saturated rings. The van der Waals surface area contributed by atoms with Gasteiger partial charge in [-0.3, -0.25) is 4.99 Å². The normalized spacial score (nSPS) is 11.2. The van der Waals surface area contributed by atoms with E-state index < -0.39 is 0 Å². The summed E-state index contributed by atoms with van der Waals surface area (Å²) in [6, 6.07) is 8.56. The van der Waals surface area contributed by atoms with Crippen LogP contribution in [0.3, 0.4) is 0 Å². The van der Waals surface area contributed by atoms with Gasteiger partial charge in [-0.2, -0.15) is 0 Å². The standard InChI is InChI=1S/C20H26N6S.HI/c1-15-16(2)27-19(25-15)7-8-23-20(21-3)24-12-17-5-4-6-18(11-17)13-26-10-9-22-14-26;/h4-6,9-11,14H,7-8,12-13H2,1-3H3,(H2,21,23,24);1H. The minimum Gasteiger partial charge on any atom is -0.356 e. The van der Waals surface area contributed by atoms with Gasteiger partial charge in [0.05, 0.1) is 17.0 Å². The van der Waals surface area contributed by atoms with Crippen molar-refractivity contribution in [3.63, 3.8) is 0 Å². The summed E-state index contributed by atoms with van der Waals surface area (Å²) in [5.74, 6) is 0.806. The van der Waals surface area contributed by atoms with Crippen LogP contribution < -0.4 is 10.6 Å². The second-order valence-electron chi connectivity index (χ2n) is 6.41. The minimum absolute atomic E-state index is 0. The highest BCUT2D eigenvalue weighted by Crippen LogP contribution is 2.16. The third-order valence-corrected chi connectivity index (χ3v) is 5.44. The zero-order chi connectivity index (χ0) is 19.1. The molecule has 0 atom stereocenters. The first-order chi connectivity index (χ1) is 13.1. The van der Waals surface area contributed by atoms with E-state index in [0.29, 0.717) is 0 Å². The Morgan fingerprint density at radius 3 is 2.71 bits per heavy atom. The molecular weight excluding hydrogens is 483 g/mol. The van der Waals surface area contributed by atoms with Crippen molar-refractivity contribution in [2.75, 3.05) is 13.6 Å². The summed E-state index contributed by atoms with van der Waals surface area (Å²) in [6.07, 6.45) is 6.51. The number of thiazole rings is 1. The summed E-state index contributed by atoms with van der Waals surface area (Å²) >= 11 is 1.77. The molecule has 3 aromatic rings. The molecule has 2 aromatic heterocycles. The van der Waals surface area contributed by atoms with Crippen LogP contribution in [0.4, 0.5) is 0 Å². The Morgan fingerprint density at radius 1 is 1.21 bits per heavy atom. The fourth-order valence-corrected chi connectivity index (χ4v) is 3.70. The minimum atomic E-state index is 0. The summed E-state index contributed by atoms with van der Waals surface area (Å²) in [6.45, 7) is 6.54. The maximum atomic E-state index is 4.58. The third kappa shape index (κ3) is 6.59. The fraction of sp³-hybridized carbons (Fsp3) is 0.350. The summed E-state index contributed by atoms with van der Waals surface area (Å²) in [5, 5.41) is 7.91. The number of imidazole rings is 1. The second kappa shape index (κ2) is 11.2. The predicted molar refractivity (Wildman–Crippen MR) is 127 cm³/mol. The van der Waals surface area contributed by atoms with Gasteiger partial charge in [-0.1, -0.05) is 24.3 Å². The number of hydrogen-bond acceptors (Lipinski definition) is 4. The van der Waals surface area contributed by atoms with E-state index in [4.69, 9.17) is 0 Å². The van der Waals surface area contributed by atoms with Crippen LogP contribution in [0.1, 0.15) is 26.7 Å². The van der Waals surface area contributed by atoms with Crippen LogP contribution >= 0.6 is 35.3 Å². The average molecular weight is 510 g/mol. The number of aliphatic imine (C=N–C) groups is 1. The van der Waals surface area contributed by atoms with Crippen molar-refractivity contribution in [2.24, 2.45) is 4.99 Å². The first-order valence-corrected chi connectivity index (χ1v) is 9.86. The fourth-order valence-electron chi connectivity index (χ4n) is 2.77. The van der Waals surface area contributed by atoms with E-state index in [1.54, 1.807) is 24.6 Å². The topological polar surface area (TPSA) is 67.1 Å². The van der Waals surface area contributed by atoms with Gasteiger partial charge in [-0.15, -0.1) is 35.3 Å². The average Bonchev–Trinajstić information content (AvgIpc) is 3.28. The van der Waals surface area contributed by atoms with Crippen LogP contribution in [-0.4, -0.2) is 34.1 Å². The summed E-state index contributed by atoms with van der Waals surface area (Å²) in [5.41, 5.74) is 3.61. The van der Waals surface area contributed by atoms with Crippen LogP contribution in [0.15, 0.2) is 48.0 Å². The van der Waals surface area contributed by atoms with Crippen molar-refractivity contribution in [1.29, 1.82) is 0 Å². The van der Waals surface area contributed by atoms with E-state index in [-0.39, 0.29) is 24.0 Å². The number of aromatic nitrogens is 3. The van der Waals surface area contributed by atoms with E-state index in [9.17, 15) is 0 Å². The zero-order valence-electron chi connectivity index (χ0n) is 16.5. The van der Waals surface area contributed by atoms with Gasteiger partial charge in [0.15, 0.2) is 5.96 Å². The number of hydrogen-bond donors (Lipinski definition) is 2. The molecule has 0 bridgehead atoms. The molecule has 2 heterocycles. The lowest BCUT2D eigenvalue weighted by molar-refractivity contribution is 0.781. The van der Waals surface area contributed by atoms with Gasteiger partial charge >= 0.3 is 0 Å². The third-order valence-electron chi connectivity index (χ3n) is 4.30. The van der Waals surface area contributed by atoms with Crippen molar-refractivity contribution < 1.29 is 0 Å². The Bertz CT molecular complexity index is 869. The van der Waals surface area contributed by atoms with Crippen LogP contribution in [0.2, 0.25) is 0 Å². The number of nitrogens with zero attached hydrogens (tertiary/aromatic N) is 4. The van der Waals surface area contributed by atoms with Gasteiger partial charge in [-0.25, -0.2) is 9.97 Å². The Balaban J connectivity index is 0.00000280. The molecule has 150 valence electrons. The Hall–Kier alpha value is -1.94. The van der Waals surface area contributed by atoms with Gasteiger partial charge in [0.2, 0.25) is 0 Å². The molecular formula is C20H27IN6S. The van der Waals surface area contributed by atoms with Crippen molar-refractivity contribution in [3.8, 4) is 0 Å². The molecule has 6 nitrogen and oxygen atoms in total. The van der Waals surface area contributed by atoms with E-state index in [1.165, 1.54) is 21.0 Å². The Labute approximate surface area is 187 Å². The van der Waals surface area contributed by atoms with E-state index in [1.807, 2.05) is 12.5 Å². The highest BCUT2D eigenvalue weighted by molar-refractivity contribution is 14.0. The van der Waals surface area contributed by atoms with Gasteiger partial charge < -0.3 is 15.2 Å². The lowest BCUT2D eigenvalue weighted by Crippen LogP contribution is -2.37. The molecule has 0 saturated heterocycles. The van der Waals surface area contributed by atoms with Crippen LogP contribution in [-0.2, 0) is 19.5 Å².